The quantitative estimate of drug-likeness (QED) is 0.499. The number of aromatic nitrogens is 1. The zero-order valence-corrected chi connectivity index (χ0v) is 20.1. The number of fused-ring (bicyclic) bond motifs is 1. The number of sulfonamides is 1. The highest BCUT2D eigenvalue weighted by Gasteiger charge is 2.23. The number of carbonyl (C=O) groups excluding carboxylic acids is 1. The number of pyridine rings is 1. The third-order valence-electron chi connectivity index (χ3n) is 5.52. The van der Waals surface area contributed by atoms with E-state index in [0.717, 1.165) is 16.9 Å². The molecule has 1 amide bonds. The van der Waals surface area contributed by atoms with Crippen LogP contribution < -0.4 is 15.6 Å². The summed E-state index contributed by atoms with van der Waals surface area (Å²) in [7, 11) is -2.12. The Bertz CT molecular complexity index is 1330. The number of nitrogens with one attached hydrogen (secondary N) is 2. The van der Waals surface area contributed by atoms with Crippen LogP contribution in [0, 0.1) is 6.92 Å². The molecule has 0 unspecified atom stereocenters. The van der Waals surface area contributed by atoms with Crippen LogP contribution in [0.4, 0.5) is 0 Å². The van der Waals surface area contributed by atoms with Gasteiger partial charge in [-0.15, -0.1) is 0 Å². The Kier molecular flexibility index (Phi) is 7.55. The second-order valence-corrected chi connectivity index (χ2v) is 9.60. The number of rotatable bonds is 9. The van der Waals surface area contributed by atoms with Crippen LogP contribution in [0.1, 0.15) is 35.3 Å². The van der Waals surface area contributed by atoms with Gasteiger partial charge in [-0.1, -0.05) is 31.5 Å². The summed E-state index contributed by atoms with van der Waals surface area (Å²) in [5.74, 6) is 0.290. The van der Waals surface area contributed by atoms with Crippen LogP contribution >= 0.6 is 0 Å². The van der Waals surface area contributed by atoms with Gasteiger partial charge in [0, 0.05) is 36.6 Å². The molecule has 1 aromatic heterocycles. The Balaban J connectivity index is 1.91. The third-order valence-corrected chi connectivity index (χ3v) is 7.56. The number of hydrogen-bond acceptors (Lipinski definition) is 5. The highest BCUT2D eigenvalue weighted by atomic mass is 32.2. The number of hydrogen-bond donors (Lipinski definition) is 2. The van der Waals surface area contributed by atoms with Crippen molar-refractivity contribution in [1.82, 2.24) is 14.6 Å². The molecule has 3 aromatic rings. The van der Waals surface area contributed by atoms with Crippen molar-refractivity contribution in [2.24, 2.45) is 0 Å². The number of nitrogens with zero attached hydrogens (tertiary/aromatic N) is 1. The number of aryl methyl sites for hydroxylation is 1. The zero-order chi connectivity index (χ0) is 24.2. The van der Waals surface area contributed by atoms with Gasteiger partial charge < -0.3 is 15.0 Å². The summed E-state index contributed by atoms with van der Waals surface area (Å²) in [5, 5.41) is 3.20. The molecule has 0 bridgehead atoms. The Morgan fingerprint density at radius 3 is 2.48 bits per heavy atom. The summed E-state index contributed by atoms with van der Waals surface area (Å²) in [6.07, 6.45) is 0.541. The lowest BCUT2D eigenvalue weighted by Gasteiger charge is -2.19. The molecule has 0 aliphatic heterocycles. The molecule has 176 valence electrons. The predicted octanol–water partition coefficient (Wildman–Crippen LogP) is 2.85. The van der Waals surface area contributed by atoms with Gasteiger partial charge >= 0.3 is 0 Å². The maximum Gasteiger partial charge on any atom is 0.252 e. The minimum Gasteiger partial charge on any atom is -0.496 e. The molecule has 0 aliphatic carbocycles. The minimum atomic E-state index is -3.71. The molecule has 0 saturated carbocycles. The van der Waals surface area contributed by atoms with E-state index in [9.17, 15) is 18.0 Å². The van der Waals surface area contributed by atoms with Gasteiger partial charge in [-0.3, -0.25) is 9.59 Å². The second kappa shape index (κ2) is 10.2. The summed E-state index contributed by atoms with van der Waals surface area (Å²) >= 11 is 0. The molecule has 0 aliphatic rings. The van der Waals surface area contributed by atoms with Crippen LogP contribution in [0.25, 0.3) is 10.9 Å². The fourth-order valence-corrected chi connectivity index (χ4v) is 5.29. The lowest BCUT2D eigenvalue weighted by Crippen LogP contribution is -2.30. The maximum atomic E-state index is 13.0. The van der Waals surface area contributed by atoms with Gasteiger partial charge in [0.1, 0.15) is 5.75 Å². The first-order valence-electron chi connectivity index (χ1n) is 10.8. The van der Waals surface area contributed by atoms with Crippen molar-refractivity contribution in [1.29, 1.82) is 0 Å². The van der Waals surface area contributed by atoms with Gasteiger partial charge in [-0.05, 0) is 43.2 Å². The monoisotopic (exact) mass is 471 g/mol. The Labute approximate surface area is 193 Å². The lowest BCUT2D eigenvalue weighted by molar-refractivity contribution is 0.0955. The van der Waals surface area contributed by atoms with E-state index in [1.807, 2.05) is 25.1 Å². The van der Waals surface area contributed by atoms with Crippen molar-refractivity contribution >= 4 is 26.8 Å². The average Bonchev–Trinajstić information content (AvgIpc) is 2.78. The number of H-pyrrole nitrogens is 1. The predicted molar refractivity (Wildman–Crippen MR) is 128 cm³/mol. The summed E-state index contributed by atoms with van der Waals surface area (Å²) in [4.78, 5) is 27.8. The summed E-state index contributed by atoms with van der Waals surface area (Å²) in [6.45, 7) is 6.50. The highest BCUT2D eigenvalue weighted by Crippen LogP contribution is 2.23. The van der Waals surface area contributed by atoms with E-state index in [1.54, 1.807) is 21.0 Å². The number of aromatic amines is 1. The Hall–Kier alpha value is -3.17. The molecule has 0 spiro atoms. The molecular weight excluding hydrogens is 442 g/mol. The molecule has 1 heterocycles. The van der Waals surface area contributed by atoms with Gasteiger partial charge in [0.05, 0.1) is 17.6 Å². The van der Waals surface area contributed by atoms with Crippen molar-refractivity contribution < 1.29 is 17.9 Å². The van der Waals surface area contributed by atoms with Gasteiger partial charge in [0.2, 0.25) is 15.6 Å². The first-order chi connectivity index (χ1) is 15.7. The number of carbonyl (C=O) groups is 1. The van der Waals surface area contributed by atoms with Gasteiger partial charge in [-0.2, -0.15) is 4.31 Å². The van der Waals surface area contributed by atoms with Gasteiger partial charge in [0.15, 0.2) is 0 Å². The molecule has 0 fully saturated rings. The van der Waals surface area contributed by atoms with Crippen LogP contribution in [-0.4, -0.2) is 50.4 Å². The van der Waals surface area contributed by atoms with E-state index in [1.165, 1.54) is 28.6 Å². The van der Waals surface area contributed by atoms with Crippen LogP contribution in [0.5, 0.6) is 5.75 Å². The largest absolute Gasteiger partial charge is 0.496 e. The van der Waals surface area contributed by atoms with E-state index in [2.05, 4.69) is 10.3 Å². The highest BCUT2D eigenvalue weighted by molar-refractivity contribution is 7.89. The molecule has 9 heteroatoms. The number of amides is 1. The Morgan fingerprint density at radius 1 is 1.09 bits per heavy atom. The molecule has 8 nitrogen and oxygen atoms in total. The average molecular weight is 472 g/mol. The maximum absolute atomic E-state index is 13.0. The second-order valence-electron chi connectivity index (χ2n) is 7.67. The molecule has 2 N–H and O–H groups in total. The number of methoxy groups -OCH3 is 1. The van der Waals surface area contributed by atoms with Crippen molar-refractivity contribution in [3.63, 3.8) is 0 Å². The lowest BCUT2D eigenvalue weighted by atomic mass is 10.1. The van der Waals surface area contributed by atoms with E-state index >= 15 is 0 Å². The van der Waals surface area contributed by atoms with Crippen molar-refractivity contribution in [2.75, 3.05) is 26.7 Å². The zero-order valence-electron chi connectivity index (χ0n) is 19.3. The van der Waals surface area contributed by atoms with Crippen LogP contribution in [0.3, 0.4) is 0 Å². The van der Waals surface area contributed by atoms with Gasteiger partial charge in [0.25, 0.3) is 5.91 Å². The SMILES string of the molecule is CCN(CC)S(=O)(=O)c1ccc2[nH]c(=O)cc(C(=O)NCCc3cc(C)ccc3OC)c2c1. The first-order valence-corrected chi connectivity index (χ1v) is 12.2. The van der Waals surface area contributed by atoms with Crippen molar-refractivity contribution in [2.45, 2.75) is 32.1 Å². The summed E-state index contributed by atoms with van der Waals surface area (Å²) < 4.78 is 32.6. The molecule has 33 heavy (non-hydrogen) atoms. The van der Waals surface area contributed by atoms with Crippen LogP contribution in [-0.2, 0) is 16.4 Å². The van der Waals surface area contributed by atoms with E-state index in [4.69, 9.17) is 4.74 Å². The molecular formula is C24H29N3O5S. The van der Waals surface area contributed by atoms with E-state index < -0.39 is 21.5 Å². The molecule has 0 atom stereocenters. The summed E-state index contributed by atoms with van der Waals surface area (Å²) in [6, 6.07) is 11.4. The molecule has 0 saturated heterocycles. The Morgan fingerprint density at radius 2 is 1.82 bits per heavy atom. The molecule has 2 aromatic carbocycles. The van der Waals surface area contributed by atoms with Crippen molar-refractivity contribution in [3.8, 4) is 5.75 Å². The summed E-state index contributed by atoms with van der Waals surface area (Å²) in [5.41, 5.74) is 2.13. The fraction of sp³-hybridized carbons (Fsp3) is 0.333. The topological polar surface area (TPSA) is 109 Å². The van der Waals surface area contributed by atoms with Crippen LogP contribution in [0.15, 0.2) is 52.2 Å². The van der Waals surface area contributed by atoms with E-state index in [0.29, 0.717) is 37.0 Å². The van der Waals surface area contributed by atoms with Crippen LogP contribution in [0.2, 0.25) is 0 Å². The fourth-order valence-electron chi connectivity index (χ4n) is 3.80. The normalized spacial score (nSPS) is 11.7. The molecule has 0 radical (unpaired) electrons. The number of benzene rings is 2. The van der Waals surface area contributed by atoms with Gasteiger partial charge in [-0.25, -0.2) is 8.42 Å². The van der Waals surface area contributed by atoms with E-state index in [-0.39, 0.29) is 10.5 Å². The standard InChI is InChI=1S/C24H29N3O5S/c1-5-27(6-2)33(30,31)18-8-9-21-19(14-18)20(15-23(28)26-21)24(29)25-12-11-17-13-16(3)7-10-22(17)32-4/h7-10,13-15H,5-6,11-12H2,1-4H3,(H,25,29)(H,26,28). The minimum absolute atomic E-state index is 0.0734. The smallest absolute Gasteiger partial charge is 0.252 e. The van der Waals surface area contributed by atoms with Crippen molar-refractivity contribution in [3.05, 3.63) is 69.5 Å². The molecule has 3 rings (SSSR count). The number of ether oxygens (including phenoxy) is 1. The third kappa shape index (κ3) is 5.26. The first kappa shape index (κ1) is 24.5.